The summed E-state index contributed by atoms with van der Waals surface area (Å²) in [5.74, 6) is -0.406. The van der Waals surface area contributed by atoms with E-state index >= 15 is 0 Å². The Labute approximate surface area is 156 Å². The summed E-state index contributed by atoms with van der Waals surface area (Å²) in [7, 11) is 0. The van der Waals surface area contributed by atoms with Gasteiger partial charge in [-0.1, -0.05) is 17.7 Å². The second-order valence-corrected chi connectivity index (χ2v) is 8.70. The summed E-state index contributed by atoms with van der Waals surface area (Å²) in [6.45, 7) is 6.91. The van der Waals surface area contributed by atoms with Crippen LogP contribution >= 0.6 is 22.9 Å². The Morgan fingerprint density at radius 2 is 1.96 bits per heavy atom. The largest absolute Gasteiger partial charge is 0.444 e. The van der Waals surface area contributed by atoms with Crippen molar-refractivity contribution < 1.29 is 13.9 Å². The van der Waals surface area contributed by atoms with Gasteiger partial charge < -0.3 is 9.64 Å². The van der Waals surface area contributed by atoms with E-state index in [1.807, 2.05) is 20.8 Å². The second-order valence-electron chi connectivity index (χ2n) is 7.16. The molecule has 6 heteroatoms. The number of thiophene rings is 1. The van der Waals surface area contributed by atoms with Crippen molar-refractivity contribution in [2.75, 3.05) is 13.1 Å². The molecular weight excluding hydrogens is 361 g/mol. The molecule has 0 spiro atoms. The van der Waals surface area contributed by atoms with Crippen molar-refractivity contribution >= 4 is 29.0 Å². The standard InChI is InChI=1S/C19H21ClFNO2S/c1-19(2,3)24-18(23)22-8-6-13-11-17(25-16(13)7-9-22)12-4-5-15(21)14(20)10-12/h4-5,10-11H,6-9H2,1-3H3. The van der Waals surface area contributed by atoms with Crippen LogP contribution in [0.2, 0.25) is 5.02 Å². The Morgan fingerprint density at radius 1 is 1.24 bits per heavy atom. The Morgan fingerprint density at radius 3 is 2.64 bits per heavy atom. The van der Waals surface area contributed by atoms with Gasteiger partial charge in [0.15, 0.2) is 0 Å². The van der Waals surface area contributed by atoms with E-state index in [1.165, 1.54) is 16.5 Å². The minimum Gasteiger partial charge on any atom is -0.444 e. The number of carbonyl (C=O) groups is 1. The zero-order valence-electron chi connectivity index (χ0n) is 14.6. The summed E-state index contributed by atoms with van der Waals surface area (Å²) >= 11 is 7.58. The van der Waals surface area contributed by atoms with Crippen LogP contribution in [0.15, 0.2) is 24.3 Å². The molecule has 134 valence electrons. The number of rotatable bonds is 1. The summed E-state index contributed by atoms with van der Waals surface area (Å²) < 4.78 is 18.8. The maximum Gasteiger partial charge on any atom is 0.410 e. The van der Waals surface area contributed by atoms with E-state index in [-0.39, 0.29) is 11.1 Å². The molecule has 3 rings (SSSR count). The van der Waals surface area contributed by atoms with E-state index in [2.05, 4.69) is 6.07 Å². The molecule has 0 atom stereocenters. The van der Waals surface area contributed by atoms with Crippen LogP contribution < -0.4 is 0 Å². The average Bonchev–Trinajstić information content (AvgIpc) is 2.81. The maximum atomic E-state index is 13.4. The van der Waals surface area contributed by atoms with Gasteiger partial charge in [-0.15, -0.1) is 11.3 Å². The lowest BCUT2D eigenvalue weighted by atomic mass is 10.1. The second kappa shape index (κ2) is 6.96. The third-order valence-corrected chi connectivity index (χ3v) is 5.59. The van der Waals surface area contributed by atoms with E-state index in [4.69, 9.17) is 16.3 Å². The first-order valence-electron chi connectivity index (χ1n) is 8.28. The molecule has 1 aromatic carbocycles. The smallest absolute Gasteiger partial charge is 0.410 e. The molecule has 0 fully saturated rings. The fourth-order valence-corrected chi connectivity index (χ4v) is 4.17. The Balaban J connectivity index is 1.74. The summed E-state index contributed by atoms with van der Waals surface area (Å²) in [6, 6.07) is 6.93. The van der Waals surface area contributed by atoms with Crippen molar-refractivity contribution in [1.82, 2.24) is 4.90 Å². The molecule has 0 N–H and O–H groups in total. The van der Waals surface area contributed by atoms with E-state index < -0.39 is 11.4 Å². The molecule has 0 bridgehead atoms. The van der Waals surface area contributed by atoms with Gasteiger partial charge in [-0.05, 0) is 62.9 Å². The van der Waals surface area contributed by atoms with Crippen molar-refractivity contribution in [3.05, 3.63) is 45.5 Å². The van der Waals surface area contributed by atoms with E-state index in [0.717, 1.165) is 23.3 Å². The number of ether oxygens (including phenoxy) is 1. The van der Waals surface area contributed by atoms with Gasteiger partial charge in [0.25, 0.3) is 0 Å². The summed E-state index contributed by atoms with van der Waals surface area (Å²) in [6.07, 6.45) is 1.34. The molecule has 2 aromatic rings. The summed E-state index contributed by atoms with van der Waals surface area (Å²) in [4.78, 5) is 16.4. The summed E-state index contributed by atoms with van der Waals surface area (Å²) in [5.41, 5.74) is 1.68. The predicted octanol–water partition coefficient (Wildman–Crippen LogP) is 5.54. The highest BCUT2D eigenvalue weighted by molar-refractivity contribution is 7.15. The monoisotopic (exact) mass is 381 g/mol. The van der Waals surface area contributed by atoms with Gasteiger partial charge in [0.05, 0.1) is 5.02 Å². The molecule has 25 heavy (non-hydrogen) atoms. The lowest BCUT2D eigenvalue weighted by molar-refractivity contribution is 0.0258. The van der Waals surface area contributed by atoms with Crippen LogP contribution in [0.4, 0.5) is 9.18 Å². The first-order chi connectivity index (χ1) is 11.7. The Bertz CT molecular complexity index is 772. The first-order valence-corrected chi connectivity index (χ1v) is 9.47. The Hall–Kier alpha value is -1.59. The van der Waals surface area contributed by atoms with Crippen LogP contribution in [0.1, 0.15) is 31.2 Å². The lowest BCUT2D eigenvalue weighted by Crippen LogP contribution is -2.38. The fraction of sp³-hybridized carbons (Fsp3) is 0.421. The molecular formula is C19H21ClFNO2S. The van der Waals surface area contributed by atoms with Crippen LogP contribution in [-0.2, 0) is 17.6 Å². The molecule has 1 aliphatic rings. The number of fused-ring (bicyclic) bond motifs is 1. The maximum absolute atomic E-state index is 13.4. The zero-order valence-corrected chi connectivity index (χ0v) is 16.1. The normalized spacial score (nSPS) is 14.8. The molecule has 0 unspecified atom stereocenters. The van der Waals surface area contributed by atoms with Gasteiger partial charge in [0, 0.05) is 22.8 Å². The number of nitrogens with zero attached hydrogens (tertiary/aromatic N) is 1. The molecule has 1 aliphatic heterocycles. The fourth-order valence-electron chi connectivity index (χ4n) is 2.79. The van der Waals surface area contributed by atoms with Gasteiger partial charge in [0.2, 0.25) is 0 Å². The number of halogens is 2. The van der Waals surface area contributed by atoms with E-state index in [0.29, 0.717) is 13.1 Å². The first kappa shape index (κ1) is 18.2. The topological polar surface area (TPSA) is 29.5 Å². The number of carbonyl (C=O) groups excluding carboxylic acids is 1. The highest BCUT2D eigenvalue weighted by Crippen LogP contribution is 2.35. The van der Waals surface area contributed by atoms with Gasteiger partial charge in [-0.25, -0.2) is 9.18 Å². The molecule has 1 amide bonds. The Kier molecular flexibility index (Phi) is 5.07. The third kappa shape index (κ3) is 4.33. The highest BCUT2D eigenvalue weighted by Gasteiger charge is 2.25. The molecule has 1 aromatic heterocycles. The minimum atomic E-state index is -0.483. The molecule has 2 heterocycles. The number of amides is 1. The van der Waals surface area contributed by atoms with Crippen LogP contribution in [0, 0.1) is 5.82 Å². The van der Waals surface area contributed by atoms with Crippen LogP contribution in [-0.4, -0.2) is 29.7 Å². The quantitative estimate of drug-likeness (QED) is 0.648. The third-order valence-electron chi connectivity index (χ3n) is 4.01. The molecule has 0 saturated heterocycles. The van der Waals surface area contributed by atoms with Gasteiger partial charge in [-0.3, -0.25) is 0 Å². The van der Waals surface area contributed by atoms with Crippen LogP contribution in [0.25, 0.3) is 10.4 Å². The molecule has 3 nitrogen and oxygen atoms in total. The SMILES string of the molecule is CC(C)(C)OC(=O)N1CCc2cc(-c3ccc(F)c(Cl)c3)sc2CC1. The summed E-state index contributed by atoms with van der Waals surface area (Å²) in [5, 5.41) is 0.136. The molecule has 0 aliphatic carbocycles. The van der Waals surface area contributed by atoms with Crippen molar-refractivity contribution in [2.24, 2.45) is 0 Å². The van der Waals surface area contributed by atoms with Crippen molar-refractivity contribution in [3.8, 4) is 10.4 Å². The van der Waals surface area contributed by atoms with Gasteiger partial charge >= 0.3 is 6.09 Å². The lowest BCUT2D eigenvalue weighted by Gasteiger charge is -2.26. The number of hydrogen-bond donors (Lipinski definition) is 0. The van der Waals surface area contributed by atoms with Gasteiger partial charge in [0.1, 0.15) is 11.4 Å². The van der Waals surface area contributed by atoms with E-state index in [1.54, 1.807) is 28.4 Å². The van der Waals surface area contributed by atoms with Gasteiger partial charge in [-0.2, -0.15) is 0 Å². The van der Waals surface area contributed by atoms with Crippen LogP contribution in [0.3, 0.4) is 0 Å². The minimum absolute atomic E-state index is 0.136. The number of hydrogen-bond acceptors (Lipinski definition) is 3. The van der Waals surface area contributed by atoms with Crippen molar-refractivity contribution in [3.63, 3.8) is 0 Å². The average molecular weight is 382 g/mol. The van der Waals surface area contributed by atoms with Crippen molar-refractivity contribution in [1.29, 1.82) is 0 Å². The highest BCUT2D eigenvalue weighted by atomic mass is 35.5. The number of benzene rings is 1. The van der Waals surface area contributed by atoms with Crippen LogP contribution in [0.5, 0.6) is 0 Å². The zero-order chi connectivity index (χ0) is 18.2. The molecule has 0 saturated carbocycles. The molecule has 0 radical (unpaired) electrons. The predicted molar refractivity (Wildman–Crippen MR) is 99.9 cm³/mol. The van der Waals surface area contributed by atoms with E-state index in [9.17, 15) is 9.18 Å². The van der Waals surface area contributed by atoms with Crippen molar-refractivity contribution in [2.45, 2.75) is 39.2 Å².